The van der Waals surface area contributed by atoms with Gasteiger partial charge in [-0.2, -0.15) is 0 Å². The SMILES string of the molecule is CNc1ccc(Cl)cc1C(=O)NC(C)CCc1ccco1. The Hall–Kier alpha value is -1.94. The molecule has 0 aliphatic carbocycles. The fourth-order valence-electron chi connectivity index (χ4n) is 2.11. The van der Waals surface area contributed by atoms with E-state index in [1.54, 1.807) is 31.5 Å². The van der Waals surface area contributed by atoms with Crippen LogP contribution < -0.4 is 10.6 Å². The number of amides is 1. The highest BCUT2D eigenvalue weighted by Gasteiger charge is 2.14. The van der Waals surface area contributed by atoms with Crippen molar-refractivity contribution >= 4 is 23.2 Å². The van der Waals surface area contributed by atoms with Gasteiger partial charge in [-0.15, -0.1) is 0 Å². The Morgan fingerprint density at radius 1 is 1.38 bits per heavy atom. The monoisotopic (exact) mass is 306 g/mol. The van der Waals surface area contributed by atoms with Gasteiger partial charge in [0.2, 0.25) is 0 Å². The van der Waals surface area contributed by atoms with Crippen LogP contribution in [0.4, 0.5) is 5.69 Å². The van der Waals surface area contributed by atoms with Crippen molar-refractivity contribution in [3.05, 3.63) is 52.9 Å². The molecule has 0 saturated heterocycles. The van der Waals surface area contributed by atoms with Crippen molar-refractivity contribution in [2.24, 2.45) is 0 Å². The van der Waals surface area contributed by atoms with Crippen molar-refractivity contribution in [1.82, 2.24) is 5.32 Å². The van der Waals surface area contributed by atoms with Crippen molar-refractivity contribution in [2.75, 3.05) is 12.4 Å². The van der Waals surface area contributed by atoms with Crippen molar-refractivity contribution in [3.8, 4) is 0 Å². The third-order valence-electron chi connectivity index (χ3n) is 3.28. The second-order valence-corrected chi connectivity index (χ2v) is 5.37. The summed E-state index contributed by atoms with van der Waals surface area (Å²) in [7, 11) is 1.78. The molecule has 1 atom stereocenters. The Bertz CT molecular complexity index is 596. The van der Waals surface area contributed by atoms with Gasteiger partial charge in [-0.25, -0.2) is 0 Å². The molecule has 2 aromatic rings. The summed E-state index contributed by atoms with van der Waals surface area (Å²) in [6.45, 7) is 1.98. The second kappa shape index (κ2) is 7.18. The number of hydrogen-bond acceptors (Lipinski definition) is 3. The molecule has 1 aromatic heterocycles. The van der Waals surface area contributed by atoms with Gasteiger partial charge in [0.05, 0.1) is 11.8 Å². The molecule has 1 heterocycles. The Balaban J connectivity index is 1.95. The fraction of sp³-hybridized carbons (Fsp3) is 0.312. The zero-order chi connectivity index (χ0) is 15.2. The van der Waals surface area contributed by atoms with Gasteiger partial charge >= 0.3 is 0 Å². The van der Waals surface area contributed by atoms with Gasteiger partial charge in [0.25, 0.3) is 5.91 Å². The number of rotatable bonds is 6. The summed E-state index contributed by atoms with van der Waals surface area (Å²) in [5, 5.41) is 6.52. The van der Waals surface area contributed by atoms with Gasteiger partial charge in [-0.3, -0.25) is 4.79 Å². The lowest BCUT2D eigenvalue weighted by atomic mass is 10.1. The minimum atomic E-state index is -0.131. The predicted molar refractivity (Wildman–Crippen MR) is 85.0 cm³/mol. The molecular weight excluding hydrogens is 288 g/mol. The van der Waals surface area contributed by atoms with E-state index in [4.69, 9.17) is 16.0 Å². The number of furan rings is 1. The van der Waals surface area contributed by atoms with Crippen LogP contribution in [-0.4, -0.2) is 19.0 Å². The summed E-state index contributed by atoms with van der Waals surface area (Å²) in [5.41, 5.74) is 1.31. The van der Waals surface area contributed by atoms with Gasteiger partial charge in [0.15, 0.2) is 0 Å². The molecule has 0 saturated carbocycles. The van der Waals surface area contributed by atoms with Gasteiger partial charge < -0.3 is 15.1 Å². The van der Waals surface area contributed by atoms with E-state index in [1.165, 1.54) is 0 Å². The molecule has 1 aromatic carbocycles. The first kappa shape index (κ1) is 15.4. The number of carbonyl (C=O) groups excluding carboxylic acids is 1. The van der Waals surface area contributed by atoms with E-state index in [0.29, 0.717) is 10.6 Å². The highest BCUT2D eigenvalue weighted by Crippen LogP contribution is 2.20. The number of carbonyl (C=O) groups is 1. The molecule has 0 aliphatic heterocycles. The van der Waals surface area contributed by atoms with Crippen molar-refractivity contribution in [3.63, 3.8) is 0 Å². The Kier molecular flexibility index (Phi) is 5.28. The molecular formula is C16H19ClN2O2. The van der Waals surface area contributed by atoms with Gasteiger partial charge in [0.1, 0.15) is 5.76 Å². The number of nitrogens with one attached hydrogen (secondary N) is 2. The van der Waals surface area contributed by atoms with Gasteiger partial charge in [-0.1, -0.05) is 11.6 Å². The predicted octanol–water partition coefficient (Wildman–Crippen LogP) is 3.73. The molecule has 0 spiro atoms. The van der Waals surface area contributed by atoms with Crippen molar-refractivity contribution in [2.45, 2.75) is 25.8 Å². The largest absolute Gasteiger partial charge is 0.469 e. The second-order valence-electron chi connectivity index (χ2n) is 4.93. The lowest BCUT2D eigenvalue weighted by Gasteiger charge is -2.15. The van der Waals surface area contributed by atoms with E-state index in [0.717, 1.165) is 24.3 Å². The maximum absolute atomic E-state index is 12.3. The maximum atomic E-state index is 12.3. The minimum Gasteiger partial charge on any atom is -0.469 e. The van der Waals surface area contributed by atoms with Crippen LogP contribution in [-0.2, 0) is 6.42 Å². The molecule has 1 unspecified atom stereocenters. The number of halogens is 1. The van der Waals surface area contributed by atoms with Crippen LogP contribution in [0.3, 0.4) is 0 Å². The summed E-state index contributed by atoms with van der Waals surface area (Å²) in [6, 6.07) is 9.07. The van der Waals surface area contributed by atoms with E-state index in [1.807, 2.05) is 19.1 Å². The lowest BCUT2D eigenvalue weighted by molar-refractivity contribution is 0.0939. The topological polar surface area (TPSA) is 54.3 Å². The molecule has 1 amide bonds. The van der Waals surface area contributed by atoms with Gasteiger partial charge in [0, 0.05) is 30.2 Å². The third-order valence-corrected chi connectivity index (χ3v) is 3.51. The molecule has 112 valence electrons. The average molecular weight is 307 g/mol. The Morgan fingerprint density at radius 2 is 2.19 bits per heavy atom. The summed E-state index contributed by atoms with van der Waals surface area (Å²) < 4.78 is 5.29. The minimum absolute atomic E-state index is 0.0475. The van der Waals surface area contributed by atoms with Crippen LogP contribution in [0.2, 0.25) is 5.02 Å². The zero-order valence-corrected chi connectivity index (χ0v) is 12.9. The third kappa shape index (κ3) is 4.26. The fourth-order valence-corrected chi connectivity index (χ4v) is 2.28. The van der Waals surface area contributed by atoms with Gasteiger partial charge in [-0.05, 0) is 43.7 Å². The van der Waals surface area contributed by atoms with E-state index >= 15 is 0 Å². The average Bonchev–Trinajstić information content (AvgIpc) is 2.98. The van der Waals surface area contributed by atoms with E-state index < -0.39 is 0 Å². The molecule has 0 fully saturated rings. The van der Waals surface area contributed by atoms with Crippen LogP contribution in [0, 0.1) is 0 Å². The summed E-state index contributed by atoms with van der Waals surface area (Å²) >= 11 is 5.96. The molecule has 4 nitrogen and oxygen atoms in total. The van der Waals surface area contributed by atoms with Crippen LogP contribution >= 0.6 is 11.6 Å². The van der Waals surface area contributed by atoms with E-state index in [9.17, 15) is 4.79 Å². The first-order chi connectivity index (χ1) is 10.1. The molecule has 2 N–H and O–H groups in total. The van der Waals surface area contributed by atoms with Crippen LogP contribution in [0.15, 0.2) is 41.0 Å². The molecule has 2 rings (SSSR count). The number of anilines is 1. The quantitative estimate of drug-likeness (QED) is 0.855. The van der Waals surface area contributed by atoms with E-state index in [2.05, 4.69) is 10.6 Å². The molecule has 5 heteroatoms. The molecule has 0 bridgehead atoms. The first-order valence-electron chi connectivity index (χ1n) is 6.90. The van der Waals surface area contributed by atoms with Crippen LogP contribution in [0.1, 0.15) is 29.5 Å². The Morgan fingerprint density at radius 3 is 2.86 bits per heavy atom. The Labute approximate surface area is 129 Å². The highest BCUT2D eigenvalue weighted by molar-refractivity contribution is 6.31. The van der Waals surface area contributed by atoms with Crippen molar-refractivity contribution < 1.29 is 9.21 Å². The zero-order valence-electron chi connectivity index (χ0n) is 12.2. The standard InChI is InChI=1S/C16H19ClN2O2/c1-11(5-7-13-4-3-9-21-13)19-16(20)14-10-12(17)6-8-15(14)18-2/h3-4,6,8-11,18H,5,7H2,1-2H3,(H,19,20). The molecule has 21 heavy (non-hydrogen) atoms. The number of benzene rings is 1. The van der Waals surface area contributed by atoms with Crippen LogP contribution in [0.25, 0.3) is 0 Å². The first-order valence-corrected chi connectivity index (χ1v) is 7.28. The van der Waals surface area contributed by atoms with Crippen LogP contribution in [0.5, 0.6) is 0 Å². The highest BCUT2D eigenvalue weighted by atomic mass is 35.5. The summed E-state index contributed by atoms with van der Waals surface area (Å²) in [4.78, 5) is 12.3. The van der Waals surface area contributed by atoms with E-state index in [-0.39, 0.29) is 11.9 Å². The smallest absolute Gasteiger partial charge is 0.253 e. The summed E-state index contributed by atoms with van der Waals surface area (Å²) in [6.07, 6.45) is 3.27. The molecule has 0 radical (unpaired) electrons. The number of hydrogen-bond donors (Lipinski definition) is 2. The lowest BCUT2D eigenvalue weighted by Crippen LogP contribution is -2.33. The number of aryl methyl sites for hydroxylation is 1. The van der Waals surface area contributed by atoms with Crippen molar-refractivity contribution in [1.29, 1.82) is 0 Å². The normalized spacial score (nSPS) is 12.0. The molecule has 0 aliphatic rings. The maximum Gasteiger partial charge on any atom is 0.253 e. The summed E-state index contributed by atoms with van der Waals surface area (Å²) in [5.74, 6) is 0.795.